The number of nitrogens with one attached hydrogen (secondary N) is 1. The van der Waals surface area contributed by atoms with Crippen LogP contribution in [0.3, 0.4) is 0 Å². The quantitative estimate of drug-likeness (QED) is 0.567. The first kappa shape index (κ1) is 17.0. The summed E-state index contributed by atoms with van der Waals surface area (Å²) in [4.78, 5) is 9.20. The molecule has 27 heavy (non-hydrogen) atoms. The standard InChI is InChI=1S/C20H19N5O2/c1-25-11-14(9-22-25)20-10-21-18-4-3-15(8-19(18)24-20)23-16-5-13(12-26)6-17(7-16)27-2/h3-11,23,26H,12H2,1-2H3. The molecule has 2 N–H and O–H groups in total. The summed E-state index contributed by atoms with van der Waals surface area (Å²) in [5.74, 6) is 0.684. The molecule has 136 valence electrons. The van der Waals surface area contributed by atoms with Crippen molar-refractivity contribution < 1.29 is 9.84 Å². The van der Waals surface area contributed by atoms with Gasteiger partial charge in [-0.3, -0.25) is 9.67 Å². The van der Waals surface area contributed by atoms with Crippen molar-refractivity contribution in [2.45, 2.75) is 6.61 Å². The van der Waals surface area contributed by atoms with Crippen LogP contribution in [0.2, 0.25) is 0 Å². The molecule has 7 nitrogen and oxygen atoms in total. The van der Waals surface area contributed by atoms with Crippen LogP contribution in [0, 0.1) is 0 Å². The fourth-order valence-corrected chi connectivity index (χ4v) is 2.89. The van der Waals surface area contributed by atoms with Gasteiger partial charge >= 0.3 is 0 Å². The fraction of sp³-hybridized carbons (Fsp3) is 0.150. The van der Waals surface area contributed by atoms with Crippen LogP contribution in [0.4, 0.5) is 11.4 Å². The number of aliphatic hydroxyl groups excluding tert-OH is 1. The van der Waals surface area contributed by atoms with Gasteiger partial charge in [-0.1, -0.05) is 0 Å². The second kappa shape index (κ2) is 7.05. The van der Waals surface area contributed by atoms with E-state index in [1.807, 2.05) is 43.6 Å². The average molecular weight is 361 g/mol. The Morgan fingerprint density at radius 1 is 1.07 bits per heavy atom. The van der Waals surface area contributed by atoms with E-state index in [4.69, 9.17) is 9.72 Å². The highest BCUT2D eigenvalue weighted by molar-refractivity contribution is 5.82. The van der Waals surface area contributed by atoms with Gasteiger partial charge in [-0.15, -0.1) is 0 Å². The number of fused-ring (bicyclic) bond motifs is 1. The number of methoxy groups -OCH3 is 1. The van der Waals surface area contributed by atoms with E-state index in [9.17, 15) is 5.11 Å². The molecule has 2 aromatic carbocycles. The van der Waals surface area contributed by atoms with Gasteiger partial charge in [0.15, 0.2) is 0 Å². The molecule has 0 atom stereocenters. The Morgan fingerprint density at radius 3 is 2.70 bits per heavy atom. The number of nitrogens with zero attached hydrogens (tertiary/aromatic N) is 4. The predicted octanol–water partition coefficient (Wildman–Crippen LogP) is 3.27. The van der Waals surface area contributed by atoms with Crippen molar-refractivity contribution in [2.24, 2.45) is 7.05 Å². The monoisotopic (exact) mass is 361 g/mol. The third-order valence-electron chi connectivity index (χ3n) is 4.22. The number of aromatic nitrogens is 4. The highest BCUT2D eigenvalue weighted by atomic mass is 16.5. The van der Waals surface area contributed by atoms with Gasteiger partial charge in [0.05, 0.1) is 42.8 Å². The van der Waals surface area contributed by atoms with Crippen molar-refractivity contribution >= 4 is 22.4 Å². The molecule has 4 rings (SSSR count). The maximum atomic E-state index is 9.42. The normalized spacial score (nSPS) is 10.9. The number of aryl methyl sites for hydroxylation is 1. The Hall–Kier alpha value is -3.45. The summed E-state index contributed by atoms with van der Waals surface area (Å²) in [5, 5.41) is 16.9. The topological polar surface area (TPSA) is 85.1 Å². The SMILES string of the molecule is COc1cc(CO)cc(Nc2ccc3ncc(-c4cnn(C)c4)nc3c2)c1. The molecular formula is C20H19N5O2. The lowest BCUT2D eigenvalue weighted by molar-refractivity contribution is 0.281. The number of anilines is 2. The number of hydrogen-bond donors (Lipinski definition) is 2. The zero-order valence-electron chi connectivity index (χ0n) is 15.0. The Kier molecular flexibility index (Phi) is 4.43. The van der Waals surface area contributed by atoms with Crippen molar-refractivity contribution in [3.05, 3.63) is 60.6 Å². The Balaban J connectivity index is 1.68. The number of hydrogen-bond acceptors (Lipinski definition) is 6. The number of ether oxygens (including phenoxy) is 1. The minimum Gasteiger partial charge on any atom is -0.497 e. The summed E-state index contributed by atoms with van der Waals surface area (Å²) in [7, 11) is 3.47. The van der Waals surface area contributed by atoms with E-state index in [1.165, 1.54) is 0 Å². The Labute approximate surface area is 156 Å². The summed E-state index contributed by atoms with van der Waals surface area (Å²) in [6, 6.07) is 11.4. The van der Waals surface area contributed by atoms with Crippen molar-refractivity contribution in [1.29, 1.82) is 0 Å². The highest BCUT2D eigenvalue weighted by Gasteiger charge is 2.07. The van der Waals surface area contributed by atoms with Gasteiger partial charge in [0, 0.05) is 36.2 Å². The van der Waals surface area contributed by atoms with Crippen LogP contribution >= 0.6 is 0 Å². The average Bonchev–Trinajstić information content (AvgIpc) is 3.13. The zero-order valence-corrected chi connectivity index (χ0v) is 15.0. The molecule has 0 aliphatic rings. The van der Waals surface area contributed by atoms with E-state index in [1.54, 1.807) is 30.3 Å². The first-order valence-corrected chi connectivity index (χ1v) is 8.46. The van der Waals surface area contributed by atoms with Crippen LogP contribution in [0.1, 0.15) is 5.56 Å². The maximum Gasteiger partial charge on any atom is 0.121 e. The molecule has 4 aromatic rings. The van der Waals surface area contributed by atoms with Crippen LogP contribution in [-0.2, 0) is 13.7 Å². The lowest BCUT2D eigenvalue weighted by Gasteiger charge is -2.11. The molecule has 0 saturated carbocycles. The van der Waals surface area contributed by atoms with Gasteiger partial charge in [-0.05, 0) is 35.9 Å². The van der Waals surface area contributed by atoms with E-state index in [2.05, 4.69) is 15.4 Å². The van der Waals surface area contributed by atoms with Crippen molar-refractivity contribution in [1.82, 2.24) is 19.7 Å². The smallest absolute Gasteiger partial charge is 0.121 e. The molecule has 0 bridgehead atoms. The molecule has 0 aliphatic carbocycles. The first-order valence-electron chi connectivity index (χ1n) is 8.46. The lowest BCUT2D eigenvalue weighted by Crippen LogP contribution is -1.95. The van der Waals surface area contributed by atoms with Crippen LogP contribution in [-0.4, -0.2) is 32.0 Å². The molecule has 7 heteroatoms. The minimum atomic E-state index is -0.0520. The van der Waals surface area contributed by atoms with Gasteiger partial charge in [0.1, 0.15) is 5.75 Å². The van der Waals surface area contributed by atoms with E-state index in [0.717, 1.165) is 39.2 Å². The van der Waals surface area contributed by atoms with Crippen LogP contribution < -0.4 is 10.1 Å². The van der Waals surface area contributed by atoms with E-state index in [-0.39, 0.29) is 6.61 Å². The van der Waals surface area contributed by atoms with Crippen LogP contribution in [0.5, 0.6) is 5.75 Å². The number of benzene rings is 2. The molecular weight excluding hydrogens is 342 g/mol. The largest absolute Gasteiger partial charge is 0.497 e. The second-order valence-corrected chi connectivity index (χ2v) is 6.21. The fourth-order valence-electron chi connectivity index (χ4n) is 2.89. The van der Waals surface area contributed by atoms with Gasteiger partial charge < -0.3 is 15.2 Å². The van der Waals surface area contributed by atoms with Crippen molar-refractivity contribution in [2.75, 3.05) is 12.4 Å². The summed E-state index contributed by atoms with van der Waals surface area (Å²) in [6.07, 6.45) is 5.43. The van der Waals surface area contributed by atoms with Gasteiger partial charge in [0.25, 0.3) is 0 Å². The Morgan fingerprint density at radius 2 is 1.96 bits per heavy atom. The second-order valence-electron chi connectivity index (χ2n) is 6.21. The molecule has 0 saturated heterocycles. The molecule has 0 radical (unpaired) electrons. The van der Waals surface area contributed by atoms with Crippen molar-refractivity contribution in [3.8, 4) is 17.0 Å². The lowest BCUT2D eigenvalue weighted by atomic mass is 10.2. The van der Waals surface area contributed by atoms with E-state index in [0.29, 0.717) is 5.75 Å². The summed E-state index contributed by atoms with van der Waals surface area (Å²) >= 11 is 0. The highest BCUT2D eigenvalue weighted by Crippen LogP contribution is 2.26. The molecule has 0 amide bonds. The zero-order chi connectivity index (χ0) is 18.8. The maximum absolute atomic E-state index is 9.42. The molecule has 0 fully saturated rings. The molecule has 0 unspecified atom stereocenters. The predicted molar refractivity (Wildman–Crippen MR) is 104 cm³/mol. The molecule has 2 heterocycles. The third-order valence-corrected chi connectivity index (χ3v) is 4.22. The molecule has 0 spiro atoms. The van der Waals surface area contributed by atoms with Crippen LogP contribution in [0.15, 0.2) is 55.0 Å². The summed E-state index contributed by atoms with van der Waals surface area (Å²) < 4.78 is 7.03. The van der Waals surface area contributed by atoms with Crippen molar-refractivity contribution in [3.63, 3.8) is 0 Å². The number of aliphatic hydroxyl groups is 1. The van der Waals surface area contributed by atoms with E-state index < -0.39 is 0 Å². The molecule has 2 aromatic heterocycles. The Bertz CT molecular complexity index is 1080. The summed E-state index contributed by atoms with van der Waals surface area (Å²) in [5.41, 5.74) is 5.77. The van der Waals surface area contributed by atoms with Gasteiger partial charge in [0.2, 0.25) is 0 Å². The van der Waals surface area contributed by atoms with Gasteiger partial charge in [-0.25, -0.2) is 4.98 Å². The van der Waals surface area contributed by atoms with E-state index >= 15 is 0 Å². The first-order chi connectivity index (χ1) is 13.1. The third kappa shape index (κ3) is 3.58. The minimum absolute atomic E-state index is 0.0520. The summed E-state index contributed by atoms with van der Waals surface area (Å²) in [6.45, 7) is -0.0520. The molecule has 0 aliphatic heterocycles. The van der Waals surface area contributed by atoms with Crippen LogP contribution in [0.25, 0.3) is 22.3 Å². The number of rotatable bonds is 5. The van der Waals surface area contributed by atoms with Gasteiger partial charge in [-0.2, -0.15) is 5.10 Å².